The first-order valence-corrected chi connectivity index (χ1v) is 8.59. The van der Waals surface area contributed by atoms with Crippen molar-refractivity contribution < 1.29 is 4.74 Å². The van der Waals surface area contributed by atoms with E-state index in [1.54, 1.807) is 17.4 Å². The van der Waals surface area contributed by atoms with E-state index in [1.165, 1.54) is 0 Å². The number of rotatable bonds is 4. The molecule has 6 heteroatoms. The van der Waals surface area contributed by atoms with Crippen LogP contribution in [0.4, 0.5) is 0 Å². The highest BCUT2D eigenvalue weighted by Gasteiger charge is 2.27. The average Bonchev–Trinajstić information content (AvgIpc) is 2.99. The van der Waals surface area contributed by atoms with Crippen molar-refractivity contribution in [1.82, 2.24) is 10.3 Å². The Balaban J connectivity index is 1.88. The smallest absolute Gasteiger partial charge is 0.142 e. The summed E-state index contributed by atoms with van der Waals surface area (Å²) in [6.07, 6.45) is 3.72. The Morgan fingerprint density at radius 3 is 3.05 bits per heavy atom. The van der Waals surface area contributed by atoms with Crippen molar-refractivity contribution in [2.75, 3.05) is 6.61 Å². The number of hydrogen-bond acceptors (Lipinski definition) is 4. The Kier molecular flexibility index (Phi) is 4.69. The average molecular weight is 343 g/mol. The van der Waals surface area contributed by atoms with Crippen LogP contribution in [-0.4, -0.2) is 11.6 Å². The molecule has 2 heterocycles. The fourth-order valence-electron chi connectivity index (χ4n) is 2.61. The van der Waals surface area contributed by atoms with Crippen LogP contribution in [0.15, 0.2) is 23.7 Å². The summed E-state index contributed by atoms with van der Waals surface area (Å²) >= 11 is 14.0. The normalized spacial score (nSPS) is 18.9. The zero-order valence-corrected chi connectivity index (χ0v) is 13.9. The lowest BCUT2D eigenvalue weighted by Crippen LogP contribution is -2.30. The van der Waals surface area contributed by atoms with Crippen LogP contribution < -0.4 is 10.1 Å². The molecule has 0 bridgehead atoms. The fraction of sp³-hybridized carbons (Fsp3) is 0.400. The molecular weight excluding hydrogens is 327 g/mol. The third kappa shape index (κ3) is 3.19. The summed E-state index contributed by atoms with van der Waals surface area (Å²) in [5.74, 6) is 0.749. The van der Waals surface area contributed by atoms with E-state index in [0.29, 0.717) is 16.7 Å². The quantitative estimate of drug-likeness (QED) is 0.847. The molecule has 0 saturated heterocycles. The second-order valence-electron chi connectivity index (χ2n) is 4.99. The van der Waals surface area contributed by atoms with E-state index in [2.05, 4.69) is 17.2 Å². The molecule has 3 rings (SSSR count). The number of nitrogens with zero attached hydrogens (tertiary/aromatic N) is 1. The number of fused-ring (bicyclic) bond motifs is 1. The van der Waals surface area contributed by atoms with Gasteiger partial charge < -0.3 is 10.1 Å². The lowest BCUT2D eigenvalue weighted by atomic mass is 9.99. The van der Waals surface area contributed by atoms with Crippen LogP contribution in [0.25, 0.3) is 0 Å². The zero-order chi connectivity index (χ0) is 14.8. The minimum absolute atomic E-state index is 0.179. The van der Waals surface area contributed by atoms with Crippen LogP contribution in [-0.2, 0) is 0 Å². The van der Waals surface area contributed by atoms with Gasteiger partial charge in [-0.25, -0.2) is 4.98 Å². The van der Waals surface area contributed by atoms with Gasteiger partial charge in [0.25, 0.3) is 0 Å². The van der Waals surface area contributed by atoms with E-state index in [1.807, 2.05) is 17.6 Å². The van der Waals surface area contributed by atoms with Gasteiger partial charge in [0, 0.05) is 34.6 Å². The number of hydrogen-bond donors (Lipinski definition) is 1. The maximum atomic E-state index is 6.24. The number of benzene rings is 1. The summed E-state index contributed by atoms with van der Waals surface area (Å²) in [5.41, 5.74) is 1.04. The third-order valence-corrected chi connectivity index (χ3v) is 5.01. The van der Waals surface area contributed by atoms with Gasteiger partial charge in [0.15, 0.2) is 0 Å². The van der Waals surface area contributed by atoms with Crippen LogP contribution in [0.3, 0.4) is 0 Å². The summed E-state index contributed by atoms with van der Waals surface area (Å²) in [7, 11) is 0. The van der Waals surface area contributed by atoms with E-state index < -0.39 is 0 Å². The number of nitrogens with one attached hydrogen (secondary N) is 1. The maximum absolute atomic E-state index is 6.24. The molecule has 0 spiro atoms. The first-order chi connectivity index (χ1) is 10.2. The highest BCUT2D eigenvalue weighted by Crippen LogP contribution is 2.41. The number of ether oxygens (including phenoxy) is 1. The summed E-state index contributed by atoms with van der Waals surface area (Å²) < 4.78 is 5.70. The van der Waals surface area contributed by atoms with Gasteiger partial charge in [-0.1, -0.05) is 30.1 Å². The standard InChI is InChI=1S/C15H16Cl2N2OS/c1-2-12(15-18-4-6-21-15)19-13-3-5-20-14-10(13)7-9(16)8-11(14)17/h4,6-8,12-13,19H,2-3,5H2,1H3. The highest BCUT2D eigenvalue weighted by molar-refractivity contribution is 7.09. The van der Waals surface area contributed by atoms with Gasteiger partial charge in [0.1, 0.15) is 10.8 Å². The second-order valence-corrected chi connectivity index (χ2v) is 6.76. The molecule has 1 aliphatic rings. The van der Waals surface area contributed by atoms with Crippen molar-refractivity contribution in [3.8, 4) is 5.75 Å². The van der Waals surface area contributed by atoms with Crippen molar-refractivity contribution in [3.63, 3.8) is 0 Å². The summed E-state index contributed by atoms with van der Waals surface area (Å²) in [4.78, 5) is 4.42. The topological polar surface area (TPSA) is 34.1 Å². The van der Waals surface area contributed by atoms with Gasteiger partial charge in [0.2, 0.25) is 0 Å². The molecule has 0 fully saturated rings. The molecule has 1 aromatic heterocycles. The fourth-order valence-corrected chi connectivity index (χ4v) is 3.96. The van der Waals surface area contributed by atoms with Gasteiger partial charge in [-0.2, -0.15) is 0 Å². The van der Waals surface area contributed by atoms with Crippen molar-refractivity contribution in [3.05, 3.63) is 44.3 Å². The number of aromatic nitrogens is 1. The van der Waals surface area contributed by atoms with Crippen LogP contribution in [0.1, 0.15) is 42.4 Å². The molecule has 0 amide bonds. The van der Waals surface area contributed by atoms with Gasteiger partial charge in [-0.05, 0) is 18.6 Å². The van der Waals surface area contributed by atoms with Crippen LogP contribution in [0, 0.1) is 0 Å². The highest BCUT2D eigenvalue weighted by atomic mass is 35.5. The maximum Gasteiger partial charge on any atom is 0.142 e. The first-order valence-electron chi connectivity index (χ1n) is 6.96. The van der Waals surface area contributed by atoms with Crippen molar-refractivity contribution >= 4 is 34.5 Å². The molecule has 2 aromatic rings. The molecule has 0 saturated carbocycles. The molecule has 0 radical (unpaired) electrons. The minimum atomic E-state index is 0.179. The summed E-state index contributed by atoms with van der Waals surface area (Å²) in [6, 6.07) is 4.08. The Hall–Kier alpha value is -0.810. The lowest BCUT2D eigenvalue weighted by Gasteiger charge is -2.30. The van der Waals surface area contributed by atoms with Gasteiger partial charge in [0.05, 0.1) is 17.7 Å². The SMILES string of the molecule is CCC(NC1CCOc2c(Cl)cc(Cl)cc21)c1nccs1. The Bertz CT molecular complexity index is 618. The third-order valence-electron chi connectivity index (χ3n) is 3.63. The van der Waals surface area contributed by atoms with Gasteiger partial charge in [-0.3, -0.25) is 0 Å². The molecular formula is C15H16Cl2N2OS. The number of halogens is 2. The van der Waals surface area contributed by atoms with Gasteiger partial charge >= 0.3 is 0 Å². The van der Waals surface area contributed by atoms with E-state index in [4.69, 9.17) is 27.9 Å². The summed E-state index contributed by atoms with van der Waals surface area (Å²) in [5, 5.41) is 8.00. The van der Waals surface area contributed by atoms with E-state index in [-0.39, 0.29) is 12.1 Å². The van der Waals surface area contributed by atoms with Crippen LogP contribution in [0.2, 0.25) is 10.0 Å². The number of thiazole rings is 1. The zero-order valence-electron chi connectivity index (χ0n) is 11.6. The molecule has 1 aromatic carbocycles. The summed E-state index contributed by atoms with van der Waals surface area (Å²) in [6.45, 7) is 2.81. The molecule has 1 aliphatic heterocycles. The Morgan fingerprint density at radius 1 is 1.48 bits per heavy atom. The van der Waals surface area contributed by atoms with E-state index >= 15 is 0 Å². The van der Waals surface area contributed by atoms with Crippen molar-refractivity contribution in [1.29, 1.82) is 0 Å². The first kappa shape index (κ1) is 15.1. The van der Waals surface area contributed by atoms with Gasteiger partial charge in [-0.15, -0.1) is 11.3 Å². The lowest BCUT2D eigenvalue weighted by molar-refractivity contribution is 0.243. The molecule has 112 valence electrons. The molecule has 0 aliphatic carbocycles. The second kappa shape index (κ2) is 6.53. The van der Waals surface area contributed by atoms with E-state index in [9.17, 15) is 0 Å². The monoisotopic (exact) mass is 342 g/mol. The predicted molar refractivity (Wildman–Crippen MR) is 87.6 cm³/mol. The van der Waals surface area contributed by atoms with E-state index in [0.717, 1.165) is 29.2 Å². The van der Waals surface area contributed by atoms with Crippen LogP contribution >= 0.6 is 34.5 Å². The predicted octanol–water partition coefficient (Wildman–Crippen LogP) is 5.01. The van der Waals surface area contributed by atoms with Crippen LogP contribution in [0.5, 0.6) is 5.75 Å². The Morgan fingerprint density at radius 2 is 2.33 bits per heavy atom. The Labute approximate surface area is 138 Å². The molecule has 3 nitrogen and oxygen atoms in total. The molecule has 1 N–H and O–H groups in total. The largest absolute Gasteiger partial charge is 0.492 e. The molecule has 2 unspecified atom stereocenters. The van der Waals surface area contributed by atoms with Crippen molar-refractivity contribution in [2.24, 2.45) is 0 Å². The molecule has 21 heavy (non-hydrogen) atoms. The minimum Gasteiger partial charge on any atom is -0.492 e. The van der Waals surface area contributed by atoms with Crippen molar-refractivity contribution in [2.45, 2.75) is 31.8 Å². The molecule has 2 atom stereocenters.